The van der Waals surface area contributed by atoms with Crippen LogP contribution in [0.2, 0.25) is 0 Å². The number of hydroxylamine groups is 1. The van der Waals surface area contributed by atoms with Crippen LogP contribution in [-0.4, -0.2) is 59.4 Å². The molecular formula is C28H33F3N4O4. The van der Waals surface area contributed by atoms with Gasteiger partial charge in [-0.3, -0.25) is 15.0 Å². The monoisotopic (exact) mass is 546 g/mol. The Labute approximate surface area is 224 Å². The minimum atomic E-state index is -1.26. The standard InChI is InChI=1S/C28H33F3N4O4/c1-17-16-33-22-4-3-19(39-2)15-20(22)25(17)24(36)5-6-28(27(37)34-38)7-10-35(11-8-28)12-9-32-23-14-18(29)13-21(30)26(23)31/h3-4,13-16,24,32,36,38H,5-12H2,1-2H3,(H,34,37)/t24-/m1/s1. The minimum Gasteiger partial charge on any atom is -0.497 e. The first-order chi connectivity index (χ1) is 18.7. The number of hydrogen-bond acceptors (Lipinski definition) is 7. The van der Waals surface area contributed by atoms with Crippen LogP contribution in [0.1, 0.15) is 42.9 Å². The molecule has 3 aromatic rings. The lowest BCUT2D eigenvalue weighted by atomic mass is 9.73. The Morgan fingerprint density at radius 1 is 1.21 bits per heavy atom. The molecule has 0 radical (unpaired) electrons. The average molecular weight is 547 g/mol. The largest absolute Gasteiger partial charge is 0.497 e. The number of rotatable bonds is 10. The highest BCUT2D eigenvalue weighted by Crippen LogP contribution is 2.40. The van der Waals surface area contributed by atoms with Gasteiger partial charge in [0.05, 0.1) is 29.8 Å². The fraction of sp³-hybridized carbons (Fsp3) is 0.429. The third-order valence-electron chi connectivity index (χ3n) is 7.68. The van der Waals surface area contributed by atoms with Gasteiger partial charge in [0, 0.05) is 36.8 Å². The first kappa shape index (κ1) is 28.6. The average Bonchev–Trinajstić information content (AvgIpc) is 2.94. The molecular weight excluding hydrogens is 513 g/mol. The van der Waals surface area contributed by atoms with Crippen molar-refractivity contribution in [2.75, 3.05) is 38.6 Å². The van der Waals surface area contributed by atoms with Crippen molar-refractivity contribution in [2.45, 2.75) is 38.7 Å². The second-order valence-corrected chi connectivity index (χ2v) is 10.0. The maximum Gasteiger partial charge on any atom is 0.249 e. The molecule has 1 fully saturated rings. The van der Waals surface area contributed by atoms with Crippen molar-refractivity contribution in [3.63, 3.8) is 0 Å². The van der Waals surface area contributed by atoms with Crippen LogP contribution in [0.4, 0.5) is 18.9 Å². The number of aromatic nitrogens is 1. The van der Waals surface area contributed by atoms with E-state index in [4.69, 9.17) is 4.74 Å². The molecule has 4 N–H and O–H groups in total. The minimum absolute atomic E-state index is 0.246. The molecule has 39 heavy (non-hydrogen) atoms. The number of aliphatic hydroxyl groups excluding tert-OH is 1. The third kappa shape index (κ3) is 6.26. The molecule has 1 aliphatic heterocycles. The predicted molar refractivity (Wildman–Crippen MR) is 140 cm³/mol. The number of likely N-dealkylation sites (tertiary alicyclic amines) is 1. The predicted octanol–water partition coefficient (Wildman–Crippen LogP) is 4.48. The smallest absolute Gasteiger partial charge is 0.249 e. The second kappa shape index (κ2) is 12.2. The number of nitrogens with one attached hydrogen (secondary N) is 2. The van der Waals surface area contributed by atoms with E-state index in [0.717, 1.165) is 28.1 Å². The number of aryl methyl sites for hydroxylation is 1. The Bertz CT molecular complexity index is 1330. The molecule has 1 aliphatic rings. The summed E-state index contributed by atoms with van der Waals surface area (Å²) in [5.74, 6) is -3.12. The number of anilines is 1. The van der Waals surface area contributed by atoms with Gasteiger partial charge in [-0.05, 0) is 75.0 Å². The third-order valence-corrected chi connectivity index (χ3v) is 7.68. The summed E-state index contributed by atoms with van der Waals surface area (Å²) >= 11 is 0. The van der Waals surface area contributed by atoms with Crippen molar-refractivity contribution in [2.24, 2.45) is 5.41 Å². The van der Waals surface area contributed by atoms with Gasteiger partial charge in [-0.1, -0.05) is 0 Å². The van der Waals surface area contributed by atoms with Crippen LogP contribution in [0, 0.1) is 29.8 Å². The van der Waals surface area contributed by atoms with Gasteiger partial charge in [0.2, 0.25) is 5.91 Å². The van der Waals surface area contributed by atoms with E-state index >= 15 is 0 Å². The van der Waals surface area contributed by atoms with Gasteiger partial charge in [-0.25, -0.2) is 18.7 Å². The maximum absolute atomic E-state index is 13.9. The maximum atomic E-state index is 13.9. The number of methoxy groups -OCH3 is 1. The van der Waals surface area contributed by atoms with Crippen molar-refractivity contribution in [3.8, 4) is 5.75 Å². The Hall–Kier alpha value is -3.41. The molecule has 0 bridgehead atoms. The molecule has 0 saturated carbocycles. The van der Waals surface area contributed by atoms with Crippen molar-refractivity contribution in [1.29, 1.82) is 0 Å². The summed E-state index contributed by atoms with van der Waals surface area (Å²) in [5, 5.41) is 24.2. The lowest BCUT2D eigenvalue weighted by Gasteiger charge is -2.40. The fourth-order valence-corrected chi connectivity index (χ4v) is 5.37. The number of pyridine rings is 1. The molecule has 0 spiro atoms. The van der Waals surface area contributed by atoms with Crippen LogP contribution in [0.3, 0.4) is 0 Å². The summed E-state index contributed by atoms with van der Waals surface area (Å²) < 4.78 is 46.1. The molecule has 0 unspecified atom stereocenters. The lowest BCUT2D eigenvalue weighted by molar-refractivity contribution is -0.143. The number of benzene rings is 2. The van der Waals surface area contributed by atoms with Gasteiger partial charge < -0.3 is 20.1 Å². The number of carbonyl (C=O) groups is 1. The summed E-state index contributed by atoms with van der Waals surface area (Å²) in [6.07, 6.45) is 2.33. The highest BCUT2D eigenvalue weighted by molar-refractivity contribution is 5.85. The van der Waals surface area contributed by atoms with Gasteiger partial charge in [-0.2, -0.15) is 0 Å². The molecule has 8 nitrogen and oxygen atoms in total. The van der Waals surface area contributed by atoms with E-state index in [1.165, 1.54) is 0 Å². The van der Waals surface area contributed by atoms with Gasteiger partial charge in [0.25, 0.3) is 0 Å². The molecule has 210 valence electrons. The van der Waals surface area contributed by atoms with Crippen molar-refractivity contribution in [3.05, 3.63) is 65.1 Å². The Balaban J connectivity index is 1.40. The van der Waals surface area contributed by atoms with E-state index in [1.807, 2.05) is 24.0 Å². The zero-order valence-electron chi connectivity index (χ0n) is 21.9. The van der Waals surface area contributed by atoms with Gasteiger partial charge in [0.1, 0.15) is 11.6 Å². The number of nitrogens with zero attached hydrogens (tertiary/aromatic N) is 2. The van der Waals surface area contributed by atoms with E-state index in [0.29, 0.717) is 50.7 Å². The molecule has 1 atom stereocenters. The number of hydrogen-bond donors (Lipinski definition) is 4. The second-order valence-electron chi connectivity index (χ2n) is 10.0. The van der Waals surface area contributed by atoms with Crippen LogP contribution < -0.4 is 15.5 Å². The number of piperidine rings is 1. The molecule has 11 heteroatoms. The molecule has 1 amide bonds. The van der Waals surface area contributed by atoms with Crippen LogP contribution in [-0.2, 0) is 4.79 Å². The first-order valence-corrected chi connectivity index (χ1v) is 12.8. The molecule has 2 heterocycles. The number of fused-ring (bicyclic) bond motifs is 1. The summed E-state index contributed by atoms with van der Waals surface area (Å²) in [5.41, 5.74) is 2.94. The summed E-state index contributed by atoms with van der Waals surface area (Å²) in [4.78, 5) is 19.3. The number of carbonyl (C=O) groups excluding carboxylic acids is 1. The number of halogens is 3. The fourth-order valence-electron chi connectivity index (χ4n) is 5.37. The zero-order chi connectivity index (χ0) is 28.2. The van der Waals surface area contributed by atoms with Gasteiger partial charge in [-0.15, -0.1) is 0 Å². The zero-order valence-corrected chi connectivity index (χ0v) is 21.9. The molecule has 0 aliphatic carbocycles. The van der Waals surface area contributed by atoms with Crippen molar-refractivity contribution >= 4 is 22.5 Å². The van der Waals surface area contributed by atoms with Crippen LogP contribution in [0.15, 0.2) is 36.5 Å². The van der Waals surface area contributed by atoms with E-state index in [-0.39, 0.29) is 18.7 Å². The van der Waals surface area contributed by atoms with E-state index in [2.05, 4.69) is 10.3 Å². The van der Waals surface area contributed by atoms with E-state index in [9.17, 15) is 28.3 Å². The Morgan fingerprint density at radius 3 is 2.64 bits per heavy atom. The number of aliphatic hydroxyl groups is 1. The van der Waals surface area contributed by atoms with Gasteiger partial charge in [0.15, 0.2) is 11.6 Å². The Morgan fingerprint density at radius 2 is 1.95 bits per heavy atom. The molecule has 2 aromatic carbocycles. The lowest BCUT2D eigenvalue weighted by Crippen LogP contribution is -2.49. The van der Waals surface area contributed by atoms with Crippen LogP contribution in [0.5, 0.6) is 5.75 Å². The Kier molecular flexibility index (Phi) is 8.94. The van der Waals surface area contributed by atoms with Crippen molar-refractivity contribution < 1.29 is 33.0 Å². The topological polar surface area (TPSA) is 107 Å². The first-order valence-electron chi connectivity index (χ1n) is 12.8. The quantitative estimate of drug-likeness (QED) is 0.169. The summed E-state index contributed by atoms with van der Waals surface area (Å²) in [6, 6.07) is 6.86. The van der Waals surface area contributed by atoms with E-state index in [1.54, 1.807) is 24.9 Å². The van der Waals surface area contributed by atoms with Crippen LogP contribution >= 0.6 is 0 Å². The van der Waals surface area contributed by atoms with Gasteiger partial charge >= 0.3 is 0 Å². The van der Waals surface area contributed by atoms with Crippen molar-refractivity contribution in [1.82, 2.24) is 15.4 Å². The normalized spacial score (nSPS) is 16.2. The SMILES string of the molecule is COc1ccc2ncc(C)c([C@H](O)CCC3(C(=O)NO)CCN(CCNc4cc(F)cc(F)c4F)CC3)c2c1. The molecule has 4 rings (SSSR count). The van der Waals surface area contributed by atoms with E-state index < -0.39 is 34.9 Å². The number of ether oxygens (including phenoxy) is 1. The van der Waals surface area contributed by atoms with Crippen LogP contribution in [0.25, 0.3) is 10.9 Å². The molecule has 1 aromatic heterocycles. The highest BCUT2D eigenvalue weighted by Gasteiger charge is 2.41. The highest BCUT2D eigenvalue weighted by atomic mass is 19.2. The summed E-state index contributed by atoms with van der Waals surface area (Å²) in [6.45, 7) is 3.60. The number of amides is 1. The summed E-state index contributed by atoms with van der Waals surface area (Å²) in [7, 11) is 1.57. The molecule has 1 saturated heterocycles.